The van der Waals surface area contributed by atoms with Crippen LogP contribution in [0.2, 0.25) is 0 Å². The highest BCUT2D eigenvalue weighted by atomic mass is 16.5. The van der Waals surface area contributed by atoms with Crippen molar-refractivity contribution in [3.8, 4) is 0 Å². The molecule has 0 spiro atoms. The Hall–Kier alpha value is -1.35. The monoisotopic (exact) mass is 209 g/mol. The molecule has 0 heterocycles. The molecule has 15 heavy (non-hydrogen) atoms. The van der Waals surface area contributed by atoms with Crippen LogP contribution in [0.5, 0.6) is 0 Å². The van der Waals surface area contributed by atoms with E-state index in [1.807, 2.05) is 18.2 Å². The SMILES string of the molecule is CC(C)CCOC(=O)c1ccccc1.N. The molecule has 0 fully saturated rings. The number of carbonyl (C=O) groups excluding carboxylic acids is 1. The molecule has 0 radical (unpaired) electrons. The Bertz CT molecular complexity index is 283. The molecule has 0 unspecified atom stereocenters. The fraction of sp³-hybridized carbons (Fsp3) is 0.417. The smallest absolute Gasteiger partial charge is 0.338 e. The van der Waals surface area contributed by atoms with Crippen molar-refractivity contribution in [3.63, 3.8) is 0 Å². The second-order valence-electron chi connectivity index (χ2n) is 3.68. The molecule has 84 valence electrons. The van der Waals surface area contributed by atoms with E-state index >= 15 is 0 Å². The first-order valence-electron chi connectivity index (χ1n) is 4.92. The maximum atomic E-state index is 11.4. The van der Waals surface area contributed by atoms with Crippen LogP contribution < -0.4 is 6.15 Å². The Kier molecular flexibility index (Phi) is 6.38. The number of ether oxygens (including phenoxy) is 1. The minimum absolute atomic E-state index is 0. The van der Waals surface area contributed by atoms with Gasteiger partial charge in [-0.15, -0.1) is 0 Å². The lowest BCUT2D eigenvalue weighted by Gasteiger charge is -2.06. The van der Waals surface area contributed by atoms with Crippen molar-refractivity contribution >= 4 is 5.97 Å². The summed E-state index contributed by atoms with van der Waals surface area (Å²) in [7, 11) is 0. The molecule has 1 aromatic carbocycles. The van der Waals surface area contributed by atoms with Crippen molar-refractivity contribution in [2.45, 2.75) is 20.3 Å². The lowest BCUT2D eigenvalue weighted by molar-refractivity contribution is 0.0488. The number of benzene rings is 1. The van der Waals surface area contributed by atoms with Crippen LogP contribution in [-0.2, 0) is 4.74 Å². The third-order valence-corrected chi connectivity index (χ3v) is 1.94. The zero-order valence-corrected chi connectivity index (χ0v) is 9.40. The van der Waals surface area contributed by atoms with Crippen LogP contribution in [0, 0.1) is 5.92 Å². The summed E-state index contributed by atoms with van der Waals surface area (Å²) in [6.45, 7) is 4.72. The number of rotatable bonds is 4. The summed E-state index contributed by atoms with van der Waals surface area (Å²) < 4.78 is 5.10. The molecule has 0 atom stereocenters. The highest BCUT2D eigenvalue weighted by Crippen LogP contribution is 2.04. The van der Waals surface area contributed by atoms with E-state index in [9.17, 15) is 4.79 Å². The van der Waals surface area contributed by atoms with Crippen LogP contribution in [0.1, 0.15) is 30.6 Å². The first-order valence-corrected chi connectivity index (χ1v) is 4.92. The third-order valence-electron chi connectivity index (χ3n) is 1.94. The van der Waals surface area contributed by atoms with Crippen molar-refractivity contribution in [3.05, 3.63) is 35.9 Å². The van der Waals surface area contributed by atoms with E-state index in [4.69, 9.17) is 4.74 Å². The lowest BCUT2D eigenvalue weighted by Crippen LogP contribution is -2.07. The zero-order chi connectivity index (χ0) is 10.4. The largest absolute Gasteiger partial charge is 0.462 e. The zero-order valence-electron chi connectivity index (χ0n) is 9.40. The van der Waals surface area contributed by atoms with E-state index in [2.05, 4.69) is 13.8 Å². The van der Waals surface area contributed by atoms with E-state index in [0.29, 0.717) is 18.1 Å². The van der Waals surface area contributed by atoms with Gasteiger partial charge in [-0.2, -0.15) is 0 Å². The van der Waals surface area contributed by atoms with Gasteiger partial charge in [0.05, 0.1) is 12.2 Å². The van der Waals surface area contributed by atoms with Gasteiger partial charge in [0.15, 0.2) is 0 Å². The Labute approximate surface area is 91.0 Å². The maximum absolute atomic E-state index is 11.4. The van der Waals surface area contributed by atoms with Crippen LogP contribution in [0.3, 0.4) is 0 Å². The summed E-state index contributed by atoms with van der Waals surface area (Å²) in [6, 6.07) is 9.07. The van der Waals surface area contributed by atoms with Gasteiger partial charge in [-0.05, 0) is 24.5 Å². The predicted octanol–water partition coefficient (Wildman–Crippen LogP) is 3.05. The minimum Gasteiger partial charge on any atom is -0.462 e. The number of hydrogen-bond acceptors (Lipinski definition) is 3. The quantitative estimate of drug-likeness (QED) is 0.775. The van der Waals surface area contributed by atoms with Gasteiger partial charge in [-0.25, -0.2) is 4.79 Å². The molecule has 0 aliphatic rings. The normalized spacial score (nSPS) is 9.53. The standard InChI is InChI=1S/C12H16O2.H3N/c1-10(2)8-9-14-12(13)11-6-4-3-5-7-11;/h3-7,10H,8-9H2,1-2H3;1H3. The first kappa shape index (κ1) is 13.7. The lowest BCUT2D eigenvalue weighted by atomic mass is 10.1. The fourth-order valence-electron chi connectivity index (χ4n) is 1.04. The average molecular weight is 209 g/mol. The maximum Gasteiger partial charge on any atom is 0.338 e. The van der Waals surface area contributed by atoms with Crippen molar-refractivity contribution in [2.75, 3.05) is 6.61 Å². The molecule has 0 aliphatic carbocycles. The molecule has 1 rings (SSSR count). The summed E-state index contributed by atoms with van der Waals surface area (Å²) in [6.07, 6.45) is 0.915. The Morgan fingerprint density at radius 3 is 2.40 bits per heavy atom. The molecule has 0 aromatic heterocycles. The topological polar surface area (TPSA) is 61.3 Å². The van der Waals surface area contributed by atoms with Gasteiger partial charge in [-0.1, -0.05) is 32.0 Å². The van der Waals surface area contributed by atoms with Gasteiger partial charge < -0.3 is 10.9 Å². The second-order valence-corrected chi connectivity index (χ2v) is 3.68. The molecule has 1 aromatic rings. The first-order chi connectivity index (χ1) is 6.70. The fourth-order valence-corrected chi connectivity index (χ4v) is 1.04. The molecule has 0 amide bonds. The minimum atomic E-state index is -0.230. The summed E-state index contributed by atoms with van der Waals surface area (Å²) in [5.41, 5.74) is 0.622. The van der Waals surface area contributed by atoms with E-state index in [1.165, 1.54) is 0 Å². The van der Waals surface area contributed by atoms with Crippen molar-refractivity contribution in [1.82, 2.24) is 6.15 Å². The molecule has 3 nitrogen and oxygen atoms in total. The highest BCUT2D eigenvalue weighted by Gasteiger charge is 2.05. The average Bonchev–Trinajstić information content (AvgIpc) is 2.18. The number of esters is 1. The van der Waals surface area contributed by atoms with Crippen molar-refractivity contribution in [2.24, 2.45) is 5.92 Å². The van der Waals surface area contributed by atoms with Crippen LogP contribution >= 0.6 is 0 Å². The molecule has 3 N–H and O–H groups in total. The van der Waals surface area contributed by atoms with Crippen LogP contribution in [0.4, 0.5) is 0 Å². The third kappa shape index (κ3) is 5.18. The Balaban J connectivity index is 0.00000196. The molecular weight excluding hydrogens is 190 g/mol. The van der Waals surface area contributed by atoms with Crippen LogP contribution in [-0.4, -0.2) is 12.6 Å². The summed E-state index contributed by atoms with van der Waals surface area (Å²) in [4.78, 5) is 11.4. The Morgan fingerprint density at radius 1 is 1.27 bits per heavy atom. The van der Waals surface area contributed by atoms with Gasteiger partial charge in [-0.3, -0.25) is 0 Å². The van der Waals surface area contributed by atoms with E-state index < -0.39 is 0 Å². The molecule has 3 heteroatoms. The number of carbonyl (C=O) groups is 1. The molecule has 0 aliphatic heterocycles. The van der Waals surface area contributed by atoms with Crippen LogP contribution in [0.25, 0.3) is 0 Å². The van der Waals surface area contributed by atoms with E-state index in [0.717, 1.165) is 6.42 Å². The van der Waals surface area contributed by atoms with E-state index in [-0.39, 0.29) is 12.1 Å². The van der Waals surface area contributed by atoms with Gasteiger partial charge >= 0.3 is 5.97 Å². The molecule has 0 saturated carbocycles. The van der Waals surface area contributed by atoms with Gasteiger partial charge in [0.1, 0.15) is 0 Å². The second kappa shape index (κ2) is 7.01. The Morgan fingerprint density at radius 2 is 1.87 bits per heavy atom. The van der Waals surface area contributed by atoms with Crippen LogP contribution in [0.15, 0.2) is 30.3 Å². The molecular formula is C12H19NO2. The summed E-state index contributed by atoms with van der Waals surface area (Å²) in [5, 5.41) is 0. The molecule has 0 bridgehead atoms. The van der Waals surface area contributed by atoms with Crippen molar-refractivity contribution < 1.29 is 9.53 Å². The summed E-state index contributed by atoms with van der Waals surface area (Å²) in [5.74, 6) is 0.338. The predicted molar refractivity (Wildman–Crippen MR) is 61.2 cm³/mol. The summed E-state index contributed by atoms with van der Waals surface area (Å²) >= 11 is 0. The van der Waals surface area contributed by atoms with E-state index in [1.54, 1.807) is 12.1 Å². The van der Waals surface area contributed by atoms with Gasteiger partial charge in [0.2, 0.25) is 0 Å². The van der Waals surface area contributed by atoms with Gasteiger partial charge in [0, 0.05) is 0 Å². The van der Waals surface area contributed by atoms with Gasteiger partial charge in [0.25, 0.3) is 0 Å². The highest BCUT2D eigenvalue weighted by molar-refractivity contribution is 5.89. The van der Waals surface area contributed by atoms with Crippen molar-refractivity contribution in [1.29, 1.82) is 0 Å². The molecule has 0 saturated heterocycles. The number of hydrogen-bond donors (Lipinski definition) is 1.